The van der Waals surface area contributed by atoms with Crippen LogP contribution < -0.4 is 5.73 Å². The predicted molar refractivity (Wildman–Crippen MR) is 43.7 cm³/mol. The van der Waals surface area contributed by atoms with Crippen LogP contribution in [0.2, 0.25) is 0 Å². The van der Waals surface area contributed by atoms with Gasteiger partial charge in [0.25, 0.3) is 0 Å². The summed E-state index contributed by atoms with van der Waals surface area (Å²) in [5, 5.41) is 0. The summed E-state index contributed by atoms with van der Waals surface area (Å²) in [6.45, 7) is 0.865. The first kappa shape index (κ1) is 9.47. The highest BCUT2D eigenvalue weighted by atomic mass is 32.2. The van der Waals surface area contributed by atoms with E-state index in [0.29, 0.717) is 13.1 Å². The molecule has 0 radical (unpaired) electrons. The monoisotopic (exact) mass is 192 g/mol. The van der Waals surface area contributed by atoms with Gasteiger partial charge in [-0.15, -0.1) is 0 Å². The number of carbonyl (C=O) groups is 1. The van der Waals surface area contributed by atoms with Crippen molar-refractivity contribution in [2.24, 2.45) is 11.7 Å². The molecule has 0 aromatic rings. The van der Waals surface area contributed by atoms with Crippen molar-refractivity contribution in [2.45, 2.75) is 6.42 Å². The molecule has 2 N–H and O–H groups in total. The van der Waals surface area contributed by atoms with Crippen molar-refractivity contribution >= 4 is 15.9 Å². The van der Waals surface area contributed by atoms with E-state index in [9.17, 15) is 13.2 Å². The van der Waals surface area contributed by atoms with Crippen LogP contribution in [0.1, 0.15) is 6.42 Å². The summed E-state index contributed by atoms with van der Waals surface area (Å²) in [4.78, 5) is 10.4. The third-order valence-corrected chi connectivity index (χ3v) is 3.12. The molecule has 1 heterocycles. The number of sulfonamides is 1. The Kier molecular flexibility index (Phi) is 2.39. The Morgan fingerprint density at radius 2 is 2.08 bits per heavy atom. The van der Waals surface area contributed by atoms with Gasteiger partial charge in [0.15, 0.2) is 0 Å². The summed E-state index contributed by atoms with van der Waals surface area (Å²) in [5.41, 5.74) is 4.95. The van der Waals surface area contributed by atoms with E-state index in [0.717, 1.165) is 6.26 Å². The lowest BCUT2D eigenvalue weighted by Gasteiger charge is -2.36. The summed E-state index contributed by atoms with van der Waals surface area (Å²) in [5.74, 6) is -0.245. The topological polar surface area (TPSA) is 80.5 Å². The molecule has 0 spiro atoms. The van der Waals surface area contributed by atoms with Crippen LogP contribution in [0, 0.1) is 5.92 Å². The smallest absolute Gasteiger partial charge is 0.217 e. The van der Waals surface area contributed by atoms with Gasteiger partial charge in [-0.25, -0.2) is 12.7 Å². The molecule has 5 nitrogen and oxygen atoms in total. The molecule has 70 valence electrons. The number of rotatable bonds is 3. The molecule has 1 aliphatic heterocycles. The minimum atomic E-state index is -3.05. The molecule has 0 aromatic heterocycles. The first-order chi connectivity index (χ1) is 5.39. The number of hydrogen-bond donors (Lipinski definition) is 1. The number of nitrogens with two attached hydrogens (primary N) is 1. The molecule has 1 rings (SSSR count). The zero-order chi connectivity index (χ0) is 9.35. The summed E-state index contributed by atoms with van der Waals surface area (Å²) < 4.78 is 23.0. The second-order valence-corrected chi connectivity index (χ2v) is 5.10. The third-order valence-electron chi connectivity index (χ3n) is 1.88. The first-order valence-corrected chi connectivity index (χ1v) is 5.48. The Balaban J connectivity index is 2.34. The van der Waals surface area contributed by atoms with Gasteiger partial charge in [0.2, 0.25) is 15.9 Å². The lowest BCUT2D eigenvalue weighted by molar-refractivity contribution is -0.119. The lowest BCUT2D eigenvalue weighted by atomic mass is 9.99. The predicted octanol–water partition coefficient (Wildman–Crippen LogP) is -1.25. The normalized spacial score (nSPS) is 20.4. The van der Waals surface area contributed by atoms with Gasteiger partial charge in [0.05, 0.1) is 6.26 Å². The van der Waals surface area contributed by atoms with E-state index in [4.69, 9.17) is 5.73 Å². The summed E-state index contributed by atoms with van der Waals surface area (Å²) >= 11 is 0. The molecule has 6 heteroatoms. The molecule has 1 amide bonds. The van der Waals surface area contributed by atoms with Gasteiger partial charge in [-0.2, -0.15) is 0 Å². The van der Waals surface area contributed by atoms with Crippen LogP contribution in [0.4, 0.5) is 0 Å². The van der Waals surface area contributed by atoms with E-state index in [1.54, 1.807) is 0 Å². The molecular weight excluding hydrogens is 180 g/mol. The minimum absolute atomic E-state index is 0.122. The maximum Gasteiger partial charge on any atom is 0.217 e. The van der Waals surface area contributed by atoms with Crippen LogP contribution in [0.5, 0.6) is 0 Å². The van der Waals surface area contributed by atoms with Crippen LogP contribution in [-0.4, -0.2) is 38.0 Å². The Labute approximate surface area is 71.6 Å². The number of amides is 1. The molecular formula is C6H12N2O3S. The second kappa shape index (κ2) is 3.02. The highest BCUT2D eigenvalue weighted by Gasteiger charge is 2.33. The maximum atomic E-state index is 10.9. The fourth-order valence-electron chi connectivity index (χ4n) is 1.21. The van der Waals surface area contributed by atoms with Gasteiger partial charge in [-0.05, 0) is 5.92 Å². The zero-order valence-electron chi connectivity index (χ0n) is 6.86. The molecule has 0 aliphatic carbocycles. The standard InChI is InChI=1S/C6H12N2O3S/c1-12(10,11)8-3-5(4-8)2-6(7)9/h5H,2-4H2,1H3,(H2,7,9). The van der Waals surface area contributed by atoms with Gasteiger partial charge in [-0.1, -0.05) is 0 Å². The van der Waals surface area contributed by atoms with Gasteiger partial charge < -0.3 is 5.73 Å². The summed E-state index contributed by atoms with van der Waals surface area (Å²) in [6.07, 6.45) is 1.44. The molecule has 0 atom stereocenters. The molecule has 1 fully saturated rings. The van der Waals surface area contributed by atoms with Crippen molar-refractivity contribution < 1.29 is 13.2 Å². The second-order valence-electron chi connectivity index (χ2n) is 3.12. The summed E-state index contributed by atoms with van der Waals surface area (Å²) in [7, 11) is -3.05. The van der Waals surface area contributed by atoms with Crippen molar-refractivity contribution in [2.75, 3.05) is 19.3 Å². The molecule has 0 aromatic carbocycles. The van der Waals surface area contributed by atoms with E-state index in [-0.39, 0.29) is 18.2 Å². The Morgan fingerprint density at radius 3 is 2.42 bits per heavy atom. The third kappa shape index (κ3) is 2.18. The van der Waals surface area contributed by atoms with Crippen LogP contribution >= 0.6 is 0 Å². The van der Waals surface area contributed by atoms with Crippen LogP contribution in [0.3, 0.4) is 0 Å². The van der Waals surface area contributed by atoms with Crippen LogP contribution in [-0.2, 0) is 14.8 Å². The van der Waals surface area contributed by atoms with E-state index >= 15 is 0 Å². The first-order valence-electron chi connectivity index (χ1n) is 3.63. The molecule has 0 unspecified atom stereocenters. The Bertz CT molecular complexity index is 279. The van der Waals surface area contributed by atoms with Crippen molar-refractivity contribution in [3.8, 4) is 0 Å². The number of nitrogens with zero attached hydrogens (tertiary/aromatic N) is 1. The van der Waals surface area contributed by atoms with Crippen molar-refractivity contribution in [3.05, 3.63) is 0 Å². The van der Waals surface area contributed by atoms with E-state index in [2.05, 4.69) is 0 Å². The van der Waals surface area contributed by atoms with Gasteiger partial charge in [0.1, 0.15) is 0 Å². The van der Waals surface area contributed by atoms with E-state index in [1.807, 2.05) is 0 Å². The Hall–Kier alpha value is -0.620. The van der Waals surface area contributed by atoms with Gasteiger partial charge in [-0.3, -0.25) is 4.79 Å². The molecule has 12 heavy (non-hydrogen) atoms. The van der Waals surface area contributed by atoms with Crippen molar-refractivity contribution in [3.63, 3.8) is 0 Å². The molecule has 0 bridgehead atoms. The maximum absolute atomic E-state index is 10.9. The number of primary amides is 1. The zero-order valence-corrected chi connectivity index (χ0v) is 7.67. The summed E-state index contributed by atoms with van der Waals surface area (Å²) in [6, 6.07) is 0. The van der Waals surface area contributed by atoms with Crippen LogP contribution in [0.15, 0.2) is 0 Å². The average Bonchev–Trinajstić information content (AvgIpc) is 1.73. The highest BCUT2D eigenvalue weighted by Crippen LogP contribution is 2.20. The van der Waals surface area contributed by atoms with Crippen molar-refractivity contribution in [1.82, 2.24) is 4.31 Å². The van der Waals surface area contributed by atoms with Crippen molar-refractivity contribution in [1.29, 1.82) is 0 Å². The number of carbonyl (C=O) groups excluding carboxylic acids is 1. The number of hydrogen-bond acceptors (Lipinski definition) is 3. The highest BCUT2D eigenvalue weighted by molar-refractivity contribution is 7.88. The van der Waals surface area contributed by atoms with Gasteiger partial charge in [0, 0.05) is 19.5 Å². The fraction of sp³-hybridized carbons (Fsp3) is 0.833. The molecule has 1 aliphatic rings. The average molecular weight is 192 g/mol. The molecule has 0 saturated carbocycles. The molecule has 1 saturated heterocycles. The fourth-order valence-corrected chi connectivity index (χ4v) is 2.17. The Morgan fingerprint density at radius 1 is 1.58 bits per heavy atom. The van der Waals surface area contributed by atoms with Gasteiger partial charge >= 0.3 is 0 Å². The largest absolute Gasteiger partial charge is 0.370 e. The van der Waals surface area contributed by atoms with Crippen LogP contribution in [0.25, 0.3) is 0 Å². The minimum Gasteiger partial charge on any atom is -0.370 e. The van der Waals surface area contributed by atoms with E-state index < -0.39 is 10.0 Å². The van der Waals surface area contributed by atoms with E-state index in [1.165, 1.54) is 4.31 Å². The lowest BCUT2D eigenvalue weighted by Crippen LogP contribution is -2.50. The quantitative estimate of drug-likeness (QED) is 0.607. The SMILES string of the molecule is CS(=O)(=O)N1CC(CC(N)=O)C1.